The van der Waals surface area contributed by atoms with Gasteiger partial charge < -0.3 is 15.4 Å². The Bertz CT molecular complexity index is 951. The molecule has 1 heterocycles. The number of anilines is 3. The number of aromatic nitrogens is 1. The van der Waals surface area contributed by atoms with Gasteiger partial charge in [-0.1, -0.05) is 12.1 Å². The van der Waals surface area contributed by atoms with Crippen LogP contribution in [0, 0.1) is 0 Å². The fourth-order valence-electron chi connectivity index (χ4n) is 2.45. The minimum Gasteiger partial charge on any atom is -0.497 e. The lowest BCUT2D eigenvalue weighted by Gasteiger charge is -2.09. The van der Waals surface area contributed by atoms with Gasteiger partial charge in [0.1, 0.15) is 11.4 Å². The van der Waals surface area contributed by atoms with Crippen LogP contribution in [-0.4, -0.2) is 23.8 Å². The van der Waals surface area contributed by atoms with Gasteiger partial charge in [0, 0.05) is 16.9 Å². The molecular formula is C21H19N3O3. The van der Waals surface area contributed by atoms with Crippen molar-refractivity contribution in [3.05, 3.63) is 78.1 Å². The van der Waals surface area contributed by atoms with Gasteiger partial charge in [-0.2, -0.15) is 0 Å². The first kappa shape index (κ1) is 18.1. The van der Waals surface area contributed by atoms with Gasteiger partial charge in [-0.15, -0.1) is 0 Å². The fraction of sp³-hybridized carbons (Fsp3) is 0.0952. The number of hydrogen-bond donors (Lipinski definition) is 2. The van der Waals surface area contributed by atoms with Crippen molar-refractivity contribution in [2.75, 3.05) is 17.7 Å². The normalized spacial score (nSPS) is 10.1. The van der Waals surface area contributed by atoms with E-state index in [-0.39, 0.29) is 11.7 Å². The Hall–Kier alpha value is -3.67. The number of ketones is 1. The zero-order chi connectivity index (χ0) is 19.2. The molecule has 2 N–H and O–H groups in total. The van der Waals surface area contributed by atoms with Gasteiger partial charge in [-0.3, -0.25) is 9.59 Å². The molecule has 0 radical (unpaired) electrons. The van der Waals surface area contributed by atoms with E-state index in [0.29, 0.717) is 16.9 Å². The summed E-state index contributed by atoms with van der Waals surface area (Å²) in [5.74, 6) is 0.419. The summed E-state index contributed by atoms with van der Waals surface area (Å²) in [4.78, 5) is 28.0. The lowest BCUT2D eigenvalue weighted by atomic mass is 10.1. The zero-order valence-corrected chi connectivity index (χ0v) is 15.0. The third kappa shape index (κ3) is 4.70. The molecule has 1 amide bonds. The van der Waals surface area contributed by atoms with Crippen LogP contribution in [0.15, 0.2) is 66.9 Å². The second-order valence-electron chi connectivity index (χ2n) is 5.88. The van der Waals surface area contributed by atoms with Crippen LogP contribution in [0.4, 0.5) is 17.1 Å². The van der Waals surface area contributed by atoms with Crippen LogP contribution in [0.5, 0.6) is 5.75 Å². The molecule has 27 heavy (non-hydrogen) atoms. The van der Waals surface area contributed by atoms with Crippen molar-refractivity contribution < 1.29 is 14.3 Å². The number of pyridine rings is 1. The van der Waals surface area contributed by atoms with E-state index in [1.54, 1.807) is 61.8 Å². The van der Waals surface area contributed by atoms with Gasteiger partial charge in [0.05, 0.1) is 19.0 Å². The van der Waals surface area contributed by atoms with Crippen molar-refractivity contribution in [3.63, 3.8) is 0 Å². The van der Waals surface area contributed by atoms with E-state index in [1.807, 2.05) is 12.1 Å². The van der Waals surface area contributed by atoms with Crippen LogP contribution < -0.4 is 15.4 Å². The van der Waals surface area contributed by atoms with Crippen LogP contribution in [0.25, 0.3) is 0 Å². The quantitative estimate of drug-likeness (QED) is 0.640. The van der Waals surface area contributed by atoms with Crippen LogP contribution in [0.2, 0.25) is 0 Å². The SMILES string of the molecule is COc1ccc(NC(=O)c2ccc(Nc3cccc(C(C)=O)c3)cn2)cc1. The Labute approximate surface area is 157 Å². The van der Waals surface area contributed by atoms with E-state index >= 15 is 0 Å². The van der Waals surface area contributed by atoms with Crippen molar-refractivity contribution in [2.45, 2.75) is 6.92 Å². The Morgan fingerprint density at radius 2 is 1.67 bits per heavy atom. The maximum Gasteiger partial charge on any atom is 0.274 e. The second kappa shape index (κ2) is 8.14. The minimum atomic E-state index is -0.301. The van der Waals surface area contributed by atoms with E-state index in [9.17, 15) is 9.59 Å². The lowest BCUT2D eigenvalue weighted by molar-refractivity contribution is 0.101. The van der Waals surface area contributed by atoms with Gasteiger partial charge in [0.15, 0.2) is 5.78 Å². The van der Waals surface area contributed by atoms with Gasteiger partial charge in [0.25, 0.3) is 5.91 Å². The maximum absolute atomic E-state index is 12.3. The van der Waals surface area contributed by atoms with Crippen LogP contribution in [0.3, 0.4) is 0 Å². The molecule has 136 valence electrons. The Morgan fingerprint density at radius 1 is 0.926 bits per heavy atom. The predicted octanol–water partition coefficient (Wildman–Crippen LogP) is 4.29. The van der Waals surface area contributed by atoms with Crippen molar-refractivity contribution in [3.8, 4) is 5.75 Å². The van der Waals surface area contributed by atoms with Gasteiger partial charge in [0.2, 0.25) is 0 Å². The number of nitrogens with zero attached hydrogens (tertiary/aromatic N) is 1. The van der Waals surface area contributed by atoms with Crippen LogP contribution in [0.1, 0.15) is 27.8 Å². The summed E-state index contributed by atoms with van der Waals surface area (Å²) in [5.41, 5.74) is 3.08. The Balaban J connectivity index is 1.66. The molecule has 0 fully saturated rings. The number of carbonyl (C=O) groups excluding carboxylic acids is 2. The van der Waals surface area contributed by atoms with Gasteiger partial charge >= 0.3 is 0 Å². The highest BCUT2D eigenvalue weighted by Crippen LogP contribution is 2.19. The Kier molecular flexibility index (Phi) is 5.47. The number of methoxy groups -OCH3 is 1. The molecule has 0 spiro atoms. The molecule has 0 saturated carbocycles. The minimum absolute atomic E-state index is 0.00215. The molecule has 0 atom stereocenters. The number of rotatable bonds is 6. The summed E-state index contributed by atoms with van der Waals surface area (Å²) in [5, 5.41) is 5.95. The smallest absolute Gasteiger partial charge is 0.274 e. The number of benzene rings is 2. The Morgan fingerprint density at radius 3 is 2.30 bits per heavy atom. The van der Waals surface area contributed by atoms with Crippen LogP contribution >= 0.6 is 0 Å². The van der Waals surface area contributed by atoms with Crippen molar-refractivity contribution in [2.24, 2.45) is 0 Å². The van der Waals surface area contributed by atoms with Crippen molar-refractivity contribution in [1.29, 1.82) is 0 Å². The van der Waals surface area contributed by atoms with E-state index < -0.39 is 0 Å². The number of Topliss-reactive ketones (excluding diaryl/α,β-unsaturated/α-hetero) is 1. The average molecular weight is 361 g/mol. The highest BCUT2D eigenvalue weighted by molar-refractivity contribution is 6.03. The molecule has 6 heteroatoms. The fourth-order valence-corrected chi connectivity index (χ4v) is 2.45. The molecule has 0 bridgehead atoms. The second-order valence-corrected chi connectivity index (χ2v) is 5.88. The first-order valence-corrected chi connectivity index (χ1v) is 8.34. The highest BCUT2D eigenvalue weighted by Gasteiger charge is 2.08. The van der Waals surface area contributed by atoms with E-state index in [1.165, 1.54) is 6.92 Å². The highest BCUT2D eigenvalue weighted by atomic mass is 16.5. The lowest BCUT2D eigenvalue weighted by Crippen LogP contribution is -2.13. The largest absolute Gasteiger partial charge is 0.497 e. The first-order chi connectivity index (χ1) is 13.0. The summed E-state index contributed by atoms with van der Waals surface area (Å²) >= 11 is 0. The van der Waals surface area contributed by atoms with E-state index in [2.05, 4.69) is 15.6 Å². The van der Waals surface area contributed by atoms with Gasteiger partial charge in [-0.25, -0.2) is 4.98 Å². The van der Waals surface area contributed by atoms with E-state index in [0.717, 1.165) is 17.1 Å². The predicted molar refractivity (Wildman–Crippen MR) is 105 cm³/mol. The third-order valence-corrected chi connectivity index (χ3v) is 3.90. The molecule has 1 aromatic heterocycles. The topological polar surface area (TPSA) is 80.3 Å². The monoisotopic (exact) mass is 361 g/mol. The van der Waals surface area contributed by atoms with E-state index in [4.69, 9.17) is 4.74 Å². The zero-order valence-electron chi connectivity index (χ0n) is 15.0. The molecule has 2 aromatic carbocycles. The summed E-state index contributed by atoms with van der Waals surface area (Å²) in [6.45, 7) is 1.52. The molecular weight excluding hydrogens is 342 g/mol. The molecule has 0 aliphatic carbocycles. The summed E-state index contributed by atoms with van der Waals surface area (Å²) in [6.07, 6.45) is 1.57. The molecule has 0 aliphatic rings. The number of amides is 1. The summed E-state index contributed by atoms with van der Waals surface area (Å²) in [6, 6.07) is 17.6. The van der Waals surface area contributed by atoms with Crippen LogP contribution in [-0.2, 0) is 0 Å². The third-order valence-electron chi connectivity index (χ3n) is 3.90. The molecule has 3 aromatic rings. The van der Waals surface area contributed by atoms with Gasteiger partial charge in [-0.05, 0) is 55.5 Å². The number of ether oxygens (including phenoxy) is 1. The molecule has 0 saturated heterocycles. The number of nitrogens with one attached hydrogen (secondary N) is 2. The summed E-state index contributed by atoms with van der Waals surface area (Å²) < 4.78 is 5.09. The van der Waals surface area contributed by atoms with Crippen molar-refractivity contribution >= 4 is 28.8 Å². The summed E-state index contributed by atoms with van der Waals surface area (Å²) in [7, 11) is 1.59. The molecule has 3 rings (SSSR count). The van der Waals surface area contributed by atoms with Crippen molar-refractivity contribution in [1.82, 2.24) is 4.98 Å². The standard InChI is InChI=1S/C21H19N3O3/c1-14(25)15-4-3-5-17(12-15)23-18-8-11-20(22-13-18)21(26)24-16-6-9-19(27-2)10-7-16/h3-13,23H,1-2H3,(H,24,26). The molecule has 0 aliphatic heterocycles. The number of hydrogen-bond acceptors (Lipinski definition) is 5. The molecule has 6 nitrogen and oxygen atoms in total. The maximum atomic E-state index is 12.3. The first-order valence-electron chi connectivity index (χ1n) is 8.34. The molecule has 0 unspecified atom stereocenters. The average Bonchev–Trinajstić information content (AvgIpc) is 2.69. The number of carbonyl (C=O) groups is 2.